The first-order valence-electron chi connectivity index (χ1n) is 9.26. The molecule has 0 bridgehead atoms. The summed E-state index contributed by atoms with van der Waals surface area (Å²) in [7, 11) is 1.91. The largest absolute Gasteiger partial charge is 0.489 e. The van der Waals surface area contributed by atoms with Gasteiger partial charge in [-0.2, -0.15) is 5.10 Å². The van der Waals surface area contributed by atoms with Gasteiger partial charge in [0.15, 0.2) is 0 Å². The predicted molar refractivity (Wildman–Crippen MR) is 115 cm³/mol. The summed E-state index contributed by atoms with van der Waals surface area (Å²) in [4.78, 5) is 1.27. The van der Waals surface area contributed by atoms with Gasteiger partial charge in [-0.15, -0.1) is 0 Å². The topological polar surface area (TPSA) is 30.3 Å². The second-order valence-electron chi connectivity index (χ2n) is 6.79. The Morgan fingerprint density at radius 2 is 1.75 bits per heavy atom. The molecule has 142 valence electrons. The Labute approximate surface area is 170 Å². The van der Waals surface area contributed by atoms with E-state index in [0.717, 1.165) is 17.9 Å². The van der Waals surface area contributed by atoms with Crippen molar-refractivity contribution in [3.05, 3.63) is 102 Å². The molecule has 4 nitrogen and oxygen atoms in total. The van der Waals surface area contributed by atoms with E-state index >= 15 is 0 Å². The molecule has 5 heteroatoms. The molecule has 0 amide bonds. The zero-order chi connectivity index (χ0) is 19.3. The maximum absolute atomic E-state index is 5.85. The summed E-state index contributed by atoms with van der Waals surface area (Å²) in [6.07, 6.45) is 8.18. The highest BCUT2D eigenvalue weighted by molar-refractivity contribution is 8.06. The third kappa shape index (κ3) is 4.49. The summed E-state index contributed by atoms with van der Waals surface area (Å²) in [5.41, 5.74) is 4.82. The van der Waals surface area contributed by atoms with Gasteiger partial charge in [-0.25, -0.2) is 0 Å². The average Bonchev–Trinajstić information content (AvgIpc) is 3.15. The lowest BCUT2D eigenvalue weighted by Crippen LogP contribution is -2.15. The Morgan fingerprint density at radius 1 is 0.964 bits per heavy atom. The van der Waals surface area contributed by atoms with Crippen molar-refractivity contribution in [3.63, 3.8) is 0 Å². The lowest BCUT2D eigenvalue weighted by molar-refractivity contribution is 0.306. The fourth-order valence-corrected chi connectivity index (χ4v) is 4.01. The summed E-state index contributed by atoms with van der Waals surface area (Å²) < 4.78 is 9.96. The first kappa shape index (κ1) is 18.4. The van der Waals surface area contributed by atoms with E-state index in [1.54, 1.807) is 16.6 Å². The highest BCUT2D eigenvalue weighted by Crippen LogP contribution is 2.37. The van der Waals surface area contributed by atoms with E-state index in [4.69, 9.17) is 4.74 Å². The standard InChI is InChI=1S/C23H23N3OS/c1-18-8-13-23(21-6-4-3-5-7-21)28-26(18)16-19-9-11-22(12-10-19)27-17-20-14-24-25(2)15-20/h3-15H,16-17H2,1-2H3. The monoisotopic (exact) mass is 389 g/mol. The lowest BCUT2D eigenvalue weighted by atomic mass is 10.2. The molecule has 0 N–H and O–H groups in total. The number of hydrogen-bond acceptors (Lipinski definition) is 4. The number of allylic oxidation sites excluding steroid dienone is 3. The molecule has 2 aromatic carbocycles. The quantitative estimate of drug-likeness (QED) is 0.528. The highest BCUT2D eigenvalue weighted by Gasteiger charge is 2.15. The maximum atomic E-state index is 5.85. The molecule has 28 heavy (non-hydrogen) atoms. The fourth-order valence-electron chi connectivity index (χ4n) is 2.98. The van der Waals surface area contributed by atoms with E-state index < -0.39 is 0 Å². The molecule has 0 unspecified atom stereocenters. The Morgan fingerprint density at radius 3 is 2.46 bits per heavy atom. The Balaban J connectivity index is 1.37. The van der Waals surface area contributed by atoms with Gasteiger partial charge in [0.25, 0.3) is 0 Å². The van der Waals surface area contributed by atoms with Crippen LogP contribution in [0.5, 0.6) is 5.75 Å². The summed E-state index contributed by atoms with van der Waals surface area (Å²) in [5, 5.41) is 4.16. The van der Waals surface area contributed by atoms with Gasteiger partial charge >= 0.3 is 0 Å². The molecule has 3 aromatic rings. The number of nitrogens with zero attached hydrogens (tertiary/aromatic N) is 3. The van der Waals surface area contributed by atoms with Crippen LogP contribution in [0.4, 0.5) is 0 Å². The number of ether oxygens (including phenoxy) is 1. The van der Waals surface area contributed by atoms with Crippen LogP contribution in [0.1, 0.15) is 23.6 Å². The van der Waals surface area contributed by atoms with E-state index in [1.165, 1.54) is 21.7 Å². The van der Waals surface area contributed by atoms with Crippen molar-refractivity contribution in [2.45, 2.75) is 20.1 Å². The lowest BCUT2D eigenvalue weighted by Gasteiger charge is -2.28. The molecule has 0 fully saturated rings. The van der Waals surface area contributed by atoms with Gasteiger partial charge < -0.3 is 9.04 Å². The molecule has 1 aromatic heterocycles. The molecule has 0 radical (unpaired) electrons. The molecule has 0 saturated heterocycles. The second kappa shape index (κ2) is 8.40. The van der Waals surface area contributed by atoms with Gasteiger partial charge in [-0.1, -0.05) is 42.5 Å². The van der Waals surface area contributed by atoms with E-state index in [0.29, 0.717) is 6.61 Å². The van der Waals surface area contributed by atoms with Gasteiger partial charge in [0, 0.05) is 29.4 Å². The third-order valence-electron chi connectivity index (χ3n) is 4.55. The predicted octanol–water partition coefficient (Wildman–Crippen LogP) is 5.41. The molecule has 0 saturated carbocycles. The van der Waals surface area contributed by atoms with E-state index in [9.17, 15) is 0 Å². The Bertz CT molecular complexity index is 990. The van der Waals surface area contributed by atoms with Crippen LogP contribution in [-0.4, -0.2) is 14.1 Å². The first-order chi connectivity index (χ1) is 13.7. The molecule has 4 rings (SSSR count). The van der Waals surface area contributed by atoms with Crippen molar-refractivity contribution >= 4 is 16.9 Å². The normalized spacial score (nSPS) is 13.9. The van der Waals surface area contributed by atoms with Gasteiger partial charge in [0.1, 0.15) is 12.4 Å². The number of aryl methyl sites for hydroxylation is 1. The maximum Gasteiger partial charge on any atom is 0.119 e. The van der Waals surface area contributed by atoms with Crippen LogP contribution in [-0.2, 0) is 20.2 Å². The molecular weight excluding hydrogens is 366 g/mol. The summed E-state index contributed by atoms with van der Waals surface area (Å²) in [6, 6.07) is 18.8. The zero-order valence-electron chi connectivity index (χ0n) is 16.1. The molecule has 1 aliphatic heterocycles. The number of aromatic nitrogens is 2. The minimum absolute atomic E-state index is 0.530. The van der Waals surface area contributed by atoms with Crippen LogP contribution in [0.15, 0.2) is 84.8 Å². The average molecular weight is 390 g/mol. The van der Waals surface area contributed by atoms with Crippen molar-refractivity contribution in [2.75, 3.05) is 0 Å². The number of rotatable bonds is 6. The van der Waals surface area contributed by atoms with E-state index in [2.05, 4.69) is 64.9 Å². The SMILES string of the molecule is CC1=CC=C(c2ccccc2)SN1Cc1ccc(OCc2cnn(C)c2)cc1. The Hall–Kier alpha value is -2.92. The van der Waals surface area contributed by atoms with Crippen molar-refractivity contribution in [3.8, 4) is 5.75 Å². The highest BCUT2D eigenvalue weighted by atomic mass is 32.2. The van der Waals surface area contributed by atoms with Gasteiger partial charge in [-0.3, -0.25) is 4.68 Å². The second-order valence-corrected chi connectivity index (χ2v) is 7.85. The first-order valence-corrected chi connectivity index (χ1v) is 10.0. The Kier molecular flexibility index (Phi) is 5.53. The van der Waals surface area contributed by atoms with Gasteiger partial charge in [-0.05, 0) is 54.3 Å². The number of benzene rings is 2. The summed E-state index contributed by atoms with van der Waals surface area (Å²) >= 11 is 1.79. The summed E-state index contributed by atoms with van der Waals surface area (Å²) in [5.74, 6) is 0.871. The van der Waals surface area contributed by atoms with Crippen LogP contribution in [0.25, 0.3) is 4.91 Å². The summed E-state index contributed by atoms with van der Waals surface area (Å²) in [6.45, 7) is 3.53. The smallest absolute Gasteiger partial charge is 0.119 e. The van der Waals surface area contributed by atoms with Gasteiger partial charge in [0.05, 0.1) is 12.7 Å². The van der Waals surface area contributed by atoms with Crippen LogP contribution in [0, 0.1) is 0 Å². The van der Waals surface area contributed by atoms with E-state index in [-0.39, 0.29) is 0 Å². The van der Waals surface area contributed by atoms with Crippen molar-refractivity contribution in [1.29, 1.82) is 0 Å². The molecule has 0 spiro atoms. The fraction of sp³-hybridized carbons (Fsp3) is 0.174. The van der Waals surface area contributed by atoms with Crippen LogP contribution in [0.3, 0.4) is 0 Å². The third-order valence-corrected chi connectivity index (χ3v) is 5.76. The number of hydrogen-bond donors (Lipinski definition) is 0. The van der Waals surface area contributed by atoms with Crippen molar-refractivity contribution in [2.24, 2.45) is 7.05 Å². The van der Waals surface area contributed by atoms with Crippen molar-refractivity contribution in [1.82, 2.24) is 14.1 Å². The minimum atomic E-state index is 0.530. The molecule has 0 atom stereocenters. The van der Waals surface area contributed by atoms with Crippen molar-refractivity contribution < 1.29 is 4.74 Å². The van der Waals surface area contributed by atoms with Crippen LogP contribution < -0.4 is 4.74 Å². The van der Waals surface area contributed by atoms with Crippen LogP contribution in [0.2, 0.25) is 0 Å². The molecule has 0 aliphatic carbocycles. The molecule has 1 aliphatic rings. The van der Waals surface area contributed by atoms with E-state index in [1.807, 2.05) is 37.6 Å². The zero-order valence-corrected chi connectivity index (χ0v) is 16.9. The molecule has 2 heterocycles. The minimum Gasteiger partial charge on any atom is -0.489 e. The van der Waals surface area contributed by atoms with Crippen LogP contribution >= 0.6 is 11.9 Å². The van der Waals surface area contributed by atoms with Gasteiger partial charge in [0.2, 0.25) is 0 Å². The molecular formula is C23H23N3OS.